The summed E-state index contributed by atoms with van der Waals surface area (Å²) >= 11 is 5.71. The quantitative estimate of drug-likeness (QED) is 0.0329. The van der Waals surface area contributed by atoms with Gasteiger partial charge in [0.2, 0.25) is 34.9 Å². The van der Waals surface area contributed by atoms with Gasteiger partial charge < -0.3 is 38.7 Å². The second-order valence-corrected chi connectivity index (χ2v) is 46.3. The molecule has 3 amide bonds. The van der Waals surface area contributed by atoms with E-state index in [1.807, 2.05) is 14.0 Å². The molecule has 6 aromatic heterocycles. The zero-order valence-corrected chi connectivity index (χ0v) is 73.4. The number of anilines is 2. The first-order chi connectivity index (χ1) is 58.3. The molecule has 3 aromatic carbocycles. The molecule has 28 nitrogen and oxygen atoms in total. The third kappa shape index (κ3) is 22.4. The third-order valence-electron chi connectivity index (χ3n) is 24.0. The Morgan fingerprint density at radius 1 is 0.549 bits per heavy atom. The Morgan fingerprint density at radius 3 is 1.33 bits per heavy atom. The summed E-state index contributed by atoms with van der Waals surface area (Å²) in [4.78, 5) is 96.6. The zero-order valence-electron chi connectivity index (χ0n) is 70.7. The number of H-pyrrole nitrogens is 1. The van der Waals surface area contributed by atoms with Crippen LogP contribution in [0, 0.1) is 80.7 Å². The Labute approximate surface area is 712 Å². The van der Waals surface area contributed by atoms with Gasteiger partial charge in [-0.1, -0.05) is 60.1 Å². The summed E-state index contributed by atoms with van der Waals surface area (Å²) in [6, 6.07) is 12.7. The number of carbonyl (C=O) groups is 4. The number of rotatable bonds is 19. The molecule has 2 aliphatic carbocycles. The van der Waals surface area contributed by atoms with Crippen LogP contribution in [0.15, 0.2) is 107 Å². The number of ether oxygens (including phenoxy) is 2. The minimum atomic E-state index is -1.14. The van der Waals surface area contributed by atoms with Gasteiger partial charge in [-0.15, -0.1) is 0 Å². The number of hydrogen-bond acceptors (Lipinski definition) is 22. The van der Waals surface area contributed by atoms with Crippen LogP contribution in [0.25, 0.3) is 33.5 Å². The van der Waals surface area contributed by atoms with Gasteiger partial charge >= 0.3 is 0 Å². The SMILES string of the molecule is CC#N.CC[C@]12CCC(CC1=O)C2(C)C.C[Si](C)(C)CCOCn1cnc2nc(Cl)ncc21.C[Si](C)(C)CCOCn1cnc2nc(N3CCC(C(=O)N4N=CC[C@H]4c4cc(F)cc(F)c4)CC3)ncc21.O=C(C1CCN(c2ncc3[nH]cnc3n2)CC1)N1N=CC[C@H]1c1cc(F)cc(F)c1.O=C(C1CCNCC1)N1N=CC[C@H]1c1cc(F)cc(F)c1. The van der Waals surface area contributed by atoms with E-state index in [1.54, 1.807) is 62.3 Å². The number of Topliss-reactive ketones (excluding diaryl/α,β-unsaturated/α-hetero) is 1. The Balaban J connectivity index is 0.000000145. The summed E-state index contributed by atoms with van der Waals surface area (Å²) < 4.78 is 96.8. The van der Waals surface area contributed by atoms with Crippen molar-refractivity contribution in [2.45, 2.75) is 194 Å². The Bertz CT molecular complexity index is 5230. The highest BCUT2D eigenvalue weighted by Crippen LogP contribution is 2.65. The molecule has 122 heavy (non-hydrogen) atoms. The van der Waals surface area contributed by atoms with Crippen molar-refractivity contribution in [2.24, 2.45) is 49.8 Å². The molecule has 5 fully saturated rings. The van der Waals surface area contributed by atoms with Crippen LogP contribution in [0.4, 0.5) is 38.2 Å². The maximum atomic E-state index is 13.8. The van der Waals surface area contributed by atoms with E-state index in [-0.39, 0.29) is 46.2 Å². The van der Waals surface area contributed by atoms with E-state index in [2.05, 4.69) is 135 Å². The lowest BCUT2D eigenvalue weighted by molar-refractivity contribution is -0.138. The fraction of sp³-hybridized carbons (Fsp3) is 0.518. The number of imidazole rings is 3. The summed E-state index contributed by atoms with van der Waals surface area (Å²) in [6.07, 6.45) is 24.7. The van der Waals surface area contributed by atoms with Crippen molar-refractivity contribution in [1.29, 1.82) is 5.26 Å². The second-order valence-electron chi connectivity index (χ2n) is 34.8. The van der Waals surface area contributed by atoms with Crippen LogP contribution in [-0.4, -0.2) is 185 Å². The Hall–Kier alpha value is -10.3. The first kappa shape index (κ1) is 90.9. The topological polar surface area (TPSA) is 318 Å². The Kier molecular flexibility index (Phi) is 30.0. The lowest BCUT2D eigenvalue weighted by atomic mass is 9.67. The zero-order chi connectivity index (χ0) is 87.2. The van der Waals surface area contributed by atoms with Crippen LogP contribution in [0.1, 0.15) is 146 Å². The number of fused-ring (bicyclic) bond motifs is 5. The fourth-order valence-corrected chi connectivity index (χ4v) is 18.5. The Morgan fingerprint density at radius 2 is 0.943 bits per heavy atom. The molecular formula is C85H107ClF6N22O6Si2. The highest BCUT2D eigenvalue weighted by Gasteiger charge is 2.63. The monoisotopic (exact) mass is 1740 g/mol. The van der Waals surface area contributed by atoms with Crippen LogP contribution < -0.4 is 15.1 Å². The maximum absolute atomic E-state index is 13.8. The molecule has 5 atom stereocenters. The highest BCUT2D eigenvalue weighted by atomic mass is 35.5. The first-order valence-electron chi connectivity index (χ1n) is 41.6. The fourth-order valence-electron chi connectivity index (χ4n) is 16.9. The summed E-state index contributed by atoms with van der Waals surface area (Å²) in [5.74, 6) is -2.33. The van der Waals surface area contributed by atoms with Crippen molar-refractivity contribution < 1.29 is 55.0 Å². The average Bonchev–Trinajstić information content (AvgIpc) is 1.55. The number of halogens is 7. The number of nitriles is 1. The molecule has 0 radical (unpaired) electrons. The maximum Gasteiger partial charge on any atom is 0.246 e. The number of hydrazone groups is 3. The number of amides is 3. The lowest BCUT2D eigenvalue weighted by Crippen LogP contribution is -2.41. The van der Waals surface area contributed by atoms with Gasteiger partial charge in [0.1, 0.15) is 70.7 Å². The van der Waals surface area contributed by atoms with Crippen LogP contribution in [0.5, 0.6) is 0 Å². The van der Waals surface area contributed by atoms with Crippen molar-refractivity contribution in [3.05, 3.63) is 149 Å². The number of benzene rings is 3. The third-order valence-corrected chi connectivity index (χ3v) is 27.6. The largest absolute Gasteiger partial charge is 0.361 e. The molecule has 0 spiro atoms. The van der Waals surface area contributed by atoms with Gasteiger partial charge in [-0.3, -0.25) is 19.2 Å². The normalized spacial score (nSPS) is 20.8. The summed E-state index contributed by atoms with van der Waals surface area (Å²) in [6.45, 7) is 28.7. The van der Waals surface area contributed by atoms with E-state index in [0.717, 1.165) is 105 Å². The molecule has 650 valence electrons. The number of aromatic nitrogens is 12. The van der Waals surface area contributed by atoms with E-state index >= 15 is 0 Å². The summed E-state index contributed by atoms with van der Waals surface area (Å²) in [5, 5.41) is 27.5. The number of aromatic amines is 1. The predicted octanol–water partition coefficient (Wildman–Crippen LogP) is 15.7. The smallest absolute Gasteiger partial charge is 0.246 e. The first-order valence-corrected chi connectivity index (χ1v) is 49.4. The molecule has 3 saturated heterocycles. The van der Waals surface area contributed by atoms with Crippen molar-refractivity contribution in [2.75, 3.05) is 62.3 Å². The van der Waals surface area contributed by atoms with Crippen LogP contribution in [0.3, 0.4) is 0 Å². The molecule has 9 aromatic rings. The van der Waals surface area contributed by atoms with Gasteiger partial charge in [-0.05, 0) is 159 Å². The summed E-state index contributed by atoms with van der Waals surface area (Å²) in [5.41, 5.74) is 5.88. The predicted molar refractivity (Wildman–Crippen MR) is 458 cm³/mol. The molecule has 2 N–H and O–H groups in total. The van der Waals surface area contributed by atoms with Crippen molar-refractivity contribution in [3.63, 3.8) is 0 Å². The van der Waals surface area contributed by atoms with E-state index in [9.17, 15) is 45.5 Å². The summed E-state index contributed by atoms with van der Waals surface area (Å²) in [7, 11) is -2.17. The molecule has 6 aliphatic heterocycles. The standard InChI is InChI=1S/C26H33F2N7O2Si.C20H19F2N7O.C15H17F2N3O.C11H17ClN4OSi.C11H18O.C2H3N/c1-38(2,3)11-10-37-17-34-16-30-24-23(34)15-29-26(32-24)33-8-5-18(6-9-33)25(36)35-22(4-7-31-35)19-12-20(27)14-21(28)13-19;21-14-7-13(8-15(22)9-14)17-1-4-26-29(17)19(30)12-2-5-28(6-3-12)20-23-10-16-18(27-20)25-11-24-16;16-12-7-11(8-13(17)9-12)14-3-6-19-20(14)15(21)10-1-4-18-5-2-10;1-18(2,3)5-4-17-8-16-7-14-10-9(16)6-13-11(12)15-10;1-4-11-6-5-8(7-9(11)12)10(11,2)3;1-2-3/h7,12-16,18,22H,4-6,8-11,17H2,1-3H3;4,7-12,17H,1-3,5-6H2,(H,23,24,25,27);6-10,14,18H,1-5H2;6-7H,4-5,8H2,1-3H3;8H,4-7H2,1-3H3;1H3/t22-;17-;14-;;8?,11-;/m000.0./s1. The minimum Gasteiger partial charge on any atom is -0.361 e. The van der Waals surface area contributed by atoms with Gasteiger partial charge in [0, 0.05) is 148 Å². The van der Waals surface area contributed by atoms with Gasteiger partial charge in [0.25, 0.3) is 0 Å². The number of carbonyl (C=O) groups excluding carboxylic acids is 4. The number of hydrogen-bond donors (Lipinski definition) is 2. The minimum absolute atomic E-state index is 0.0556. The van der Waals surface area contributed by atoms with E-state index < -0.39 is 69.2 Å². The molecule has 1 unspecified atom stereocenters. The van der Waals surface area contributed by atoms with Gasteiger partial charge in [-0.25, -0.2) is 71.3 Å². The molecule has 2 saturated carbocycles. The van der Waals surface area contributed by atoms with Crippen LogP contribution in [0.2, 0.25) is 56.7 Å². The number of ketones is 1. The van der Waals surface area contributed by atoms with Crippen molar-refractivity contribution in [1.82, 2.24) is 79.3 Å². The molecule has 37 heteroatoms. The van der Waals surface area contributed by atoms with E-state index in [4.69, 9.17) is 26.3 Å². The van der Waals surface area contributed by atoms with Crippen LogP contribution >= 0.6 is 11.6 Å². The molecule has 12 heterocycles. The highest BCUT2D eigenvalue weighted by molar-refractivity contribution is 6.76. The van der Waals surface area contributed by atoms with E-state index in [0.29, 0.717) is 147 Å². The lowest BCUT2D eigenvalue weighted by Gasteiger charge is -2.35. The number of piperidine rings is 3. The molecule has 2 bridgehead atoms. The van der Waals surface area contributed by atoms with Gasteiger partial charge in [-0.2, -0.15) is 35.5 Å². The van der Waals surface area contributed by atoms with Crippen molar-refractivity contribution in [3.8, 4) is 6.07 Å². The van der Waals surface area contributed by atoms with Gasteiger partial charge in [0.05, 0.1) is 61.8 Å². The van der Waals surface area contributed by atoms with Crippen molar-refractivity contribution >= 4 is 115 Å². The number of nitrogens with one attached hydrogen (secondary N) is 2. The van der Waals surface area contributed by atoms with E-state index in [1.165, 1.54) is 64.8 Å². The average molecular weight is 1740 g/mol. The second kappa shape index (κ2) is 40.3. The molecule has 17 rings (SSSR count). The molecular weight excluding hydrogens is 1630 g/mol. The van der Waals surface area contributed by atoms with Gasteiger partial charge in [0.15, 0.2) is 16.9 Å². The number of nitrogens with zero attached hydrogens (tertiary/aromatic N) is 20. The molecule has 8 aliphatic rings. The van der Waals surface area contributed by atoms with Crippen LogP contribution in [-0.2, 0) is 42.1 Å².